The van der Waals surface area contributed by atoms with E-state index in [9.17, 15) is 8.42 Å². The van der Waals surface area contributed by atoms with Crippen LogP contribution in [0.1, 0.15) is 24.0 Å². The number of nitrogens with zero attached hydrogens (tertiary/aromatic N) is 1. The molecule has 1 aliphatic heterocycles. The van der Waals surface area contributed by atoms with Gasteiger partial charge in [-0.3, -0.25) is 0 Å². The van der Waals surface area contributed by atoms with E-state index in [4.69, 9.17) is 5.73 Å². The van der Waals surface area contributed by atoms with Crippen LogP contribution in [0.4, 0.5) is 0 Å². The lowest BCUT2D eigenvalue weighted by Gasteiger charge is -2.29. The Morgan fingerprint density at radius 2 is 1.83 bits per heavy atom. The minimum absolute atomic E-state index is 0.134. The number of aryl methyl sites for hydroxylation is 2. The molecule has 0 bridgehead atoms. The number of rotatable bonds is 2. The second-order valence-corrected chi connectivity index (χ2v) is 6.92. The normalized spacial score (nSPS) is 19.1. The van der Waals surface area contributed by atoms with Crippen LogP contribution in [0, 0.1) is 13.8 Å². The third-order valence-electron chi connectivity index (χ3n) is 3.46. The standard InChI is InChI=1S/C13H20N2O2S/c1-10-3-4-11(2)13(9-10)18(16,17)15-7-5-12(14)6-8-15/h3-4,9,12H,5-8,14H2,1-2H3. The van der Waals surface area contributed by atoms with Gasteiger partial charge in [0.15, 0.2) is 0 Å². The molecule has 1 saturated heterocycles. The molecule has 1 heterocycles. The predicted octanol–water partition coefficient (Wildman–Crippen LogP) is 1.42. The van der Waals surface area contributed by atoms with Gasteiger partial charge in [-0.25, -0.2) is 8.42 Å². The van der Waals surface area contributed by atoms with Crippen LogP contribution in [0.3, 0.4) is 0 Å². The molecule has 0 unspecified atom stereocenters. The summed E-state index contributed by atoms with van der Waals surface area (Å²) in [6.45, 7) is 4.79. The molecule has 4 nitrogen and oxygen atoms in total. The van der Waals surface area contributed by atoms with Crippen molar-refractivity contribution in [2.45, 2.75) is 37.6 Å². The van der Waals surface area contributed by atoms with Crippen LogP contribution >= 0.6 is 0 Å². The first-order valence-electron chi connectivity index (χ1n) is 6.24. The van der Waals surface area contributed by atoms with Gasteiger partial charge >= 0.3 is 0 Å². The van der Waals surface area contributed by atoms with Gasteiger partial charge < -0.3 is 5.73 Å². The SMILES string of the molecule is Cc1ccc(C)c(S(=O)(=O)N2CCC(N)CC2)c1. The second kappa shape index (κ2) is 4.99. The Morgan fingerprint density at radius 3 is 2.44 bits per heavy atom. The summed E-state index contributed by atoms with van der Waals surface area (Å²) < 4.78 is 26.7. The Hall–Kier alpha value is -0.910. The van der Waals surface area contributed by atoms with Crippen LogP contribution in [-0.2, 0) is 10.0 Å². The van der Waals surface area contributed by atoms with Gasteiger partial charge in [-0.15, -0.1) is 0 Å². The van der Waals surface area contributed by atoms with Crippen molar-refractivity contribution in [2.24, 2.45) is 5.73 Å². The van der Waals surface area contributed by atoms with Crippen molar-refractivity contribution >= 4 is 10.0 Å². The Labute approximate surface area is 109 Å². The molecule has 100 valence electrons. The highest BCUT2D eigenvalue weighted by molar-refractivity contribution is 7.89. The van der Waals surface area contributed by atoms with Crippen LogP contribution in [0.25, 0.3) is 0 Å². The molecule has 1 aliphatic rings. The molecule has 1 aromatic carbocycles. The van der Waals surface area contributed by atoms with Crippen molar-refractivity contribution in [2.75, 3.05) is 13.1 Å². The lowest BCUT2D eigenvalue weighted by molar-refractivity contribution is 0.320. The highest BCUT2D eigenvalue weighted by Crippen LogP contribution is 2.23. The Kier molecular flexibility index (Phi) is 3.75. The molecule has 2 N–H and O–H groups in total. The van der Waals surface area contributed by atoms with E-state index in [0.29, 0.717) is 18.0 Å². The van der Waals surface area contributed by atoms with E-state index in [1.807, 2.05) is 26.0 Å². The summed E-state index contributed by atoms with van der Waals surface area (Å²) in [4.78, 5) is 0.429. The van der Waals surface area contributed by atoms with Crippen molar-refractivity contribution in [1.82, 2.24) is 4.31 Å². The van der Waals surface area contributed by atoms with Gasteiger partial charge in [0.05, 0.1) is 4.90 Å². The van der Waals surface area contributed by atoms with Gasteiger partial charge in [-0.05, 0) is 43.9 Å². The van der Waals surface area contributed by atoms with Crippen LogP contribution in [0.5, 0.6) is 0 Å². The molecule has 5 heteroatoms. The monoisotopic (exact) mass is 268 g/mol. The summed E-state index contributed by atoms with van der Waals surface area (Å²) in [5, 5.41) is 0. The summed E-state index contributed by atoms with van der Waals surface area (Å²) in [5.74, 6) is 0. The fourth-order valence-corrected chi connectivity index (χ4v) is 4.02. The van der Waals surface area contributed by atoms with Gasteiger partial charge in [-0.2, -0.15) is 4.31 Å². The lowest BCUT2D eigenvalue weighted by Crippen LogP contribution is -2.42. The van der Waals surface area contributed by atoms with E-state index in [-0.39, 0.29) is 6.04 Å². The smallest absolute Gasteiger partial charge is 0.243 e. The molecule has 0 aromatic heterocycles. The molecule has 0 atom stereocenters. The average molecular weight is 268 g/mol. The van der Waals surface area contributed by atoms with Gasteiger partial charge in [0, 0.05) is 19.1 Å². The number of benzene rings is 1. The van der Waals surface area contributed by atoms with E-state index >= 15 is 0 Å². The van der Waals surface area contributed by atoms with E-state index in [1.54, 1.807) is 10.4 Å². The Bertz CT molecular complexity index is 532. The van der Waals surface area contributed by atoms with Crippen LogP contribution in [0.15, 0.2) is 23.1 Å². The maximum atomic E-state index is 12.6. The lowest BCUT2D eigenvalue weighted by atomic mass is 10.1. The fraction of sp³-hybridized carbons (Fsp3) is 0.538. The topological polar surface area (TPSA) is 63.4 Å². The Balaban J connectivity index is 2.33. The molecule has 2 rings (SSSR count). The first-order valence-corrected chi connectivity index (χ1v) is 7.68. The molecule has 1 fully saturated rings. The van der Waals surface area contributed by atoms with Gasteiger partial charge in [0.25, 0.3) is 0 Å². The van der Waals surface area contributed by atoms with Crippen LogP contribution in [0.2, 0.25) is 0 Å². The Morgan fingerprint density at radius 1 is 1.22 bits per heavy atom. The second-order valence-electron chi connectivity index (χ2n) is 5.01. The van der Waals surface area contributed by atoms with Crippen molar-refractivity contribution < 1.29 is 8.42 Å². The molecule has 1 aromatic rings. The van der Waals surface area contributed by atoms with Crippen LogP contribution in [-0.4, -0.2) is 31.9 Å². The van der Waals surface area contributed by atoms with Gasteiger partial charge in [0.1, 0.15) is 0 Å². The highest BCUT2D eigenvalue weighted by Gasteiger charge is 2.29. The molecule has 0 spiro atoms. The maximum Gasteiger partial charge on any atom is 0.243 e. The fourth-order valence-electron chi connectivity index (χ4n) is 2.24. The van der Waals surface area contributed by atoms with Crippen molar-refractivity contribution in [1.29, 1.82) is 0 Å². The van der Waals surface area contributed by atoms with Gasteiger partial charge in [0.2, 0.25) is 10.0 Å². The first-order chi connectivity index (χ1) is 8.41. The molecular formula is C13H20N2O2S. The summed E-state index contributed by atoms with van der Waals surface area (Å²) in [6.07, 6.45) is 1.48. The summed E-state index contributed by atoms with van der Waals surface area (Å²) in [7, 11) is -3.36. The number of hydrogen-bond donors (Lipinski definition) is 1. The molecule has 18 heavy (non-hydrogen) atoms. The molecular weight excluding hydrogens is 248 g/mol. The minimum Gasteiger partial charge on any atom is -0.328 e. The largest absolute Gasteiger partial charge is 0.328 e. The van der Waals surface area contributed by atoms with Crippen LogP contribution < -0.4 is 5.73 Å². The quantitative estimate of drug-likeness (QED) is 0.882. The van der Waals surface area contributed by atoms with E-state index < -0.39 is 10.0 Å². The third-order valence-corrected chi connectivity index (χ3v) is 5.50. The number of hydrogen-bond acceptors (Lipinski definition) is 3. The molecule has 0 saturated carbocycles. The molecule has 0 amide bonds. The molecule has 0 aliphatic carbocycles. The molecule has 0 radical (unpaired) electrons. The summed E-state index contributed by atoms with van der Waals surface area (Å²) in [6, 6.07) is 5.67. The average Bonchev–Trinajstić information content (AvgIpc) is 2.32. The number of nitrogens with two attached hydrogens (primary N) is 1. The van der Waals surface area contributed by atoms with Crippen molar-refractivity contribution in [3.8, 4) is 0 Å². The summed E-state index contributed by atoms with van der Waals surface area (Å²) in [5.41, 5.74) is 7.58. The van der Waals surface area contributed by atoms with E-state index in [1.165, 1.54) is 0 Å². The van der Waals surface area contributed by atoms with E-state index in [2.05, 4.69) is 0 Å². The zero-order chi connectivity index (χ0) is 13.3. The maximum absolute atomic E-state index is 12.6. The zero-order valence-electron chi connectivity index (χ0n) is 10.9. The number of sulfonamides is 1. The van der Waals surface area contributed by atoms with Gasteiger partial charge in [-0.1, -0.05) is 12.1 Å². The first kappa shape index (κ1) is 13.5. The minimum atomic E-state index is -3.36. The van der Waals surface area contributed by atoms with Crippen molar-refractivity contribution in [3.05, 3.63) is 29.3 Å². The summed E-state index contributed by atoms with van der Waals surface area (Å²) >= 11 is 0. The third kappa shape index (κ3) is 2.58. The van der Waals surface area contributed by atoms with Crippen molar-refractivity contribution in [3.63, 3.8) is 0 Å². The zero-order valence-corrected chi connectivity index (χ0v) is 11.7. The van der Waals surface area contributed by atoms with E-state index in [0.717, 1.165) is 24.0 Å². The predicted molar refractivity (Wildman–Crippen MR) is 71.9 cm³/mol. The number of piperidine rings is 1. The highest BCUT2D eigenvalue weighted by atomic mass is 32.2.